The number of benzene rings is 1. The van der Waals surface area contributed by atoms with Gasteiger partial charge in [-0.1, -0.05) is 6.07 Å². The van der Waals surface area contributed by atoms with E-state index >= 15 is 0 Å². The number of hydrogen-bond donors (Lipinski definition) is 1. The van der Waals surface area contributed by atoms with Crippen LogP contribution < -0.4 is 0 Å². The minimum absolute atomic E-state index is 0.100. The predicted octanol–water partition coefficient (Wildman–Crippen LogP) is 1.61. The number of ether oxygens (including phenoxy) is 3. The molecular weight excluding hydrogens is 440 g/mol. The molecule has 0 aliphatic carbocycles. The van der Waals surface area contributed by atoms with Gasteiger partial charge in [0.1, 0.15) is 18.8 Å². The van der Waals surface area contributed by atoms with Gasteiger partial charge in [-0.25, -0.2) is 9.59 Å². The summed E-state index contributed by atoms with van der Waals surface area (Å²) < 4.78 is 16.4. The summed E-state index contributed by atoms with van der Waals surface area (Å²) in [4.78, 5) is 41.1. The molecule has 34 heavy (non-hydrogen) atoms. The van der Waals surface area contributed by atoms with Crippen molar-refractivity contribution in [3.05, 3.63) is 45.7 Å². The molecule has 182 valence electrons. The SMILES string of the molecule is CC1=C(N2CCCOC3(CCN(C[C@H](O)c4ccc5c(c4C)COC5=O)CC3)C2=O)COC1=O. The normalized spacial score (nSPS) is 23.7. The maximum Gasteiger partial charge on any atom is 0.338 e. The van der Waals surface area contributed by atoms with Gasteiger partial charge in [-0.15, -0.1) is 0 Å². The summed E-state index contributed by atoms with van der Waals surface area (Å²) in [5, 5.41) is 11.0. The van der Waals surface area contributed by atoms with Crippen LogP contribution in [0.25, 0.3) is 0 Å². The van der Waals surface area contributed by atoms with E-state index in [0.29, 0.717) is 68.9 Å². The first-order valence-corrected chi connectivity index (χ1v) is 11.8. The van der Waals surface area contributed by atoms with Crippen molar-refractivity contribution in [1.29, 1.82) is 0 Å². The molecule has 2 fully saturated rings. The Kier molecular flexibility index (Phi) is 5.95. The van der Waals surface area contributed by atoms with Gasteiger partial charge >= 0.3 is 11.9 Å². The fourth-order valence-corrected chi connectivity index (χ4v) is 5.43. The van der Waals surface area contributed by atoms with Crippen LogP contribution in [0.4, 0.5) is 0 Å². The van der Waals surface area contributed by atoms with E-state index in [0.717, 1.165) is 16.7 Å². The van der Waals surface area contributed by atoms with Crippen LogP contribution in [0.2, 0.25) is 0 Å². The standard InChI is InChI=1S/C25H30N2O7/c1-15-17(4-5-18-19(15)13-32-23(18)30)21(28)12-26-9-6-25(7-10-26)24(31)27(8-3-11-34-25)20-14-33-22(29)16(20)2/h4-5,21,28H,3,6-14H2,1-2H3/t21-/m0/s1. The van der Waals surface area contributed by atoms with Crippen molar-refractivity contribution < 1.29 is 33.7 Å². The van der Waals surface area contributed by atoms with Gasteiger partial charge in [0.25, 0.3) is 5.91 Å². The molecule has 1 atom stereocenters. The fraction of sp³-hybridized carbons (Fsp3) is 0.560. The molecule has 5 rings (SSSR count). The van der Waals surface area contributed by atoms with Gasteiger partial charge in [0.05, 0.1) is 22.9 Å². The largest absolute Gasteiger partial charge is 0.457 e. The fourth-order valence-electron chi connectivity index (χ4n) is 5.43. The topological polar surface area (TPSA) is 106 Å². The number of likely N-dealkylation sites (tertiary alicyclic amines) is 1. The number of piperidine rings is 1. The van der Waals surface area contributed by atoms with E-state index in [1.165, 1.54) is 0 Å². The molecule has 1 aromatic rings. The van der Waals surface area contributed by atoms with Crippen molar-refractivity contribution in [3.8, 4) is 0 Å². The number of nitrogens with zero attached hydrogens (tertiary/aromatic N) is 2. The van der Waals surface area contributed by atoms with Gasteiger partial charge in [-0.05, 0) is 50.3 Å². The lowest BCUT2D eigenvalue weighted by Crippen LogP contribution is -2.55. The molecule has 0 unspecified atom stereocenters. The Morgan fingerprint density at radius 3 is 2.47 bits per heavy atom. The number of carbonyl (C=O) groups is 3. The van der Waals surface area contributed by atoms with E-state index < -0.39 is 11.7 Å². The number of aliphatic hydroxyl groups excluding tert-OH is 1. The third kappa shape index (κ3) is 3.81. The molecule has 0 aromatic heterocycles. The zero-order chi connectivity index (χ0) is 24.0. The van der Waals surface area contributed by atoms with Gasteiger partial charge in [0, 0.05) is 38.3 Å². The van der Waals surface area contributed by atoms with Crippen LogP contribution in [0.3, 0.4) is 0 Å². The van der Waals surface area contributed by atoms with Crippen LogP contribution >= 0.6 is 0 Å². The van der Waals surface area contributed by atoms with Gasteiger partial charge < -0.3 is 29.1 Å². The first-order valence-electron chi connectivity index (χ1n) is 11.8. The Morgan fingerprint density at radius 1 is 1.03 bits per heavy atom. The number of cyclic esters (lactones) is 2. The molecule has 4 heterocycles. The molecule has 0 saturated carbocycles. The third-order valence-corrected chi connectivity index (χ3v) is 7.61. The van der Waals surface area contributed by atoms with Crippen molar-refractivity contribution in [2.45, 2.75) is 51.4 Å². The maximum absolute atomic E-state index is 13.6. The Hall–Kier alpha value is -2.75. The van der Waals surface area contributed by atoms with E-state index in [-0.39, 0.29) is 31.1 Å². The lowest BCUT2D eigenvalue weighted by Gasteiger charge is -2.42. The minimum atomic E-state index is -0.919. The summed E-state index contributed by atoms with van der Waals surface area (Å²) in [5.41, 5.74) is 3.31. The van der Waals surface area contributed by atoms with Crippen LogP contribution in [0, 0.1) is 6.92 Å². The predicted molar refractivity (Wildman–Crippen MR) is 120 cm³/mol. The number of aliphatic hydroxyl groups is 1. The third-order valence-electron chi connectivity index (χ3n) is 7.61. The Balaban J connectivity index is 1.26. The summed E-state index contributed by atoms with van der Waals surface area (Å²) in [6.07, 6.45) is 1.01. The smallest absolute Gasteiger partial charge is 0.338 e. The Bertz CT molecular complexity index is 1070. The van der Waals surface area contributed by atoms with Crippen LogP contribution in [0.15, 0.2) is 23.4 Å². The van der Waals surface area contributed by atoms with E-state index in [1.54, 1.807) is 24.0 Å². The van der Waals surface area contributed by atoms with Crippen LogP contribution in [-0.4, -0.2) is 77.7 Å². The van der Waals surface area contributed by atoms with E-state index in [4.69, 9.17) is 14.2 Å². The average Bonchev–Trinajstić information content (AvgIpc) is 3.32. The molecule has 9 nitrogen and oxygen atoms in total. The number of rotatable bonds is 4. The second-order valence-electron chi connectivity index (χ2n) is 9.50. The highest BCUT2D eigenvalue weighted by molar-refractivity contribution is 5.94. The Labute approximate surface area is 198 Å². The Morgan fingerprint density at radius 2 is 1.76 bits per heavy atom. The molecule has 9 heteroatoms. The lowest BCUT2D eigenvalue weighted by atomic mass is 9.88. The number of carbonyl (C=O) groups excluding carboxylic acids is 3. The zero-order valence-electron chi connectivity index (χ0n) is 19.6. The molecule has 4 aliphatic rings. The second-order valence-corrected chi connectivity index (χ2v) is 9.50. The average molecular weight is 471 g/mol. The molecule has 1 aromatic carbocycles. The molecule has 1 spiro atoms. The highest BCUT2D eigenvalue weighted by Crippen LogP contribution is 2.35. The van der Waals surface area contributed by atoms with Crippen molar-refractivity contribution in [1.82, 2.24) is 9.80 Å². The number of fused-ring (bicyclic) bond motifs is 1. The molecular formula is C25H30N2O7. The second kappa shape index (κ2) is 8.79. The minimum Gasteiger partial charge on any atom is -0.457 e. The number of β-amino-alcohol motifs (C(OH)–C–C–N with tert-alkyl or cyclic N) is 1. The highest BCUT2D eigenvalue weighted by atomic mass is 16.5. The van der Waals surface area contributed by atoms with Crippen LogP contribution in [0.1, 0.15) is 59.3 Å². The van der Waals surface area contributed by atoms with Gasteiger partial charge in [-0.3, -0.25) is 4.79 Å². The monoisotopic (exact) mass is 470 g/mol. The molecule has 0 bridgehead atoms. The molecule has 4 aliphatic heterocycles. The van der Waals surface area contributed by atoms with E-state index in [9.17, 15) is 19.5 Å². The summed E-state index contributed by atoms with van der Waals surface area (Å²) in [6, 6.07) is 3.52. The maximum atomic E-state index is 13.6. The van der Waals surface area contributed by atoms with Gasteiger partial charge in [0.15, 0.2) is 0 Å². The zero-order valence-corrected chi connectivity index (χ0v) is 19.6. The van der Waals surface area contributed by atoms with Gasteiger partial charge in [0.2, 0.25) is 0 Å². The molecule has 0 radical (unpaired) electrons. The quantitative estimate of drug-likeness (QED) is 0.662. The van der Waals surface area contributed by atoms with E-state index in [2.05, 4.69) is 4.90 Å². The molecule has 1 N–H and O–H groups in total. The number of esters is 2. The first-order chi connectivity index (χ1) is 16.3. The molecule has 2 saturated heterocycles. The van der Waals surface area contributed by atoms with Crippen molar-refractivity contribution in [3.63, 3.8) is 0 Å². The number of amides is 1. The van der Waals surface area contributed by atoms with Gasteiger partial charge in [-0.2, -0.15) is 0 Å². The summed E-state index contributed by atoms with van der Waals surface area (Å²) in [5.74, 6) is -0.789. The summed E-state index contributed by atoms with van der Waals surface area (Å²) >= 11 is 0. The van der Waals surface area contributed by atoms with Crippen molar-refractivity contribution >= 4 is 17.8 Å². The van der Waals surface area contributed by atoms with Crippen LogP contribution in [-0.2, 0) is 30.4 Å². The van der Waals surface area contributed by atoms with E-state index in [1.807, 2.05) is 6.92 Å². The van der Waals surface area contributed by atoms with Crippen molar-refractivity contribution in [2.75, 3.05) is 39.4 Å². The van der Waals surface area contributed by atoms with Crippen LogP contribution in [0.5, 0.6) is 0 Å². The van der Waals surface area contributed by atoms with Crippen molar-refractivity contribution in [2.24, 2.45) is 0 Å². The lowest BCUT2D eigenvalue weighted by molar-refractivity contribution is -0.159. The first kappa shape index (κ1) is 23.0. The highest BCUT2D eigenvalue weighted by Gasteiger charge is 2.48. The summed E-state index contributed by atoms with van der Waals surface area (Å²) in [7, 11) is 0. The summed E-state index contributed by atoms with van der Waals surface area (Å²) in [6.45, 7) is 6.61. The number of hydrogen-bond acceptors (Lipinski definition) is 8. The molecule has 1 amide bonds.